The van der Waals surface area contributed by atoms with Crippen molar-refractivity contribution in [1.29, 1.82) is 0 Å². The van der Waals surface area contributed by atoms with E-state index >= 15 is 0 Å². The summed E-state index contributed by atoms with van der Waals surface area (Å²) < 4.78 is 34.2. The number of carbonyl (C=O) groups is 1. The highest BCUT2D eigenvalue weighted by Crippen LogP contribution is 2.38. The van der Waals surface area contributed by atoms with Crippen LogP contribution in [0, 0.1) is 5.82 Å². The lowest BCUT2D eigenvalue weighted by atomic mass is 10.1. The van der Waals surface area contributed by atoms with Crippen LogP contribution in [0.15, 0.2) is 36.4 Å². The zero-order valence-electron chi connectivity index (χ0n) is 15.9. The third-order valence-corrected chi connectivity index (χ3v) is 4.60. The maximum Gasteiger partial charge on any atom is 0.257 e. The first-order valence-corrected chi connectivity index (χ1v) is 9.17. The molecule has 152 valence electrons. The van der Waals surface area contributed by atoms with Gasteiger partial charge < -0.3 is 18.9 Å². The number of anilines is 1. The van der Waals surface area contributed by atoms with E-state index in [0.717, 1.165) is 0 Å². The molecule has 0 aliphatic rings. The van der Waals surface area contributed by atoms with Crippen LogP contribution >= 0.6 is 11.3 Å². The molecule has 0 saturated heterocycles. The maximum atomic E-state index is 12.9. The van der Waals surface area contributed by atoms with Crippen LogP contribution < -0.4 is 24.3 Å². The molecule has 3 rings (SSSR count). The van der Waals surface area contributed by atoms with Gasteiger partial charge in [-0.3, -0.25) is 10.1 Å². The standard InChI is InChI=1S/C19H18FN3O5S/c1-25-14-8-11(9-15(26-2)17(14)27-3)18(24)21-19-23-22-16(29-19)10-28-13-6-4-12(20)5-7-13/h4-9H,10H2,1-3H3,(H,21,23,24). The summed E-state index contributed by atoms with van der Waals surface area (Å²) in [6.45, 7) is 0.142. The molecule has 0 radical (unpaired) electrons. The van der Waals surface area contributed by atoms with Crippen LogP contribution in [0.3, 0.4) is 0 Å². The van der Waals surface area contributed by atoms with Gasteiger partial charge in [-0.1, -0.05) is 11.3 Å². The molecule has 0 aliphatic carbocycles. The first kappa shape index (κ1) is 20.3. The van der Waals surface area contributed by atoms with Gasteiger partial charge in [0.2, 0.25) is 10.9 Å². The molecule has 3 aromatic rings. The van der Waals surface area contributed by atoms with Gasteiger partial charge in [-0.05, 0) is 36.4 Å². The van der Waals surface area contributed by atoms with Crippen molar-refractivity contribution in [2.75, 3.05) is 26.6 Å². The third kappa shape index (κ3) is 4.91. The molecule has 29 heavy (non-hydrogen) atoms. The first-order valence-electron chi connectivity index (χ1n) is 8.36. The van der Waals surface area contributed by atoms with Crippen molar-refractivity contribution in [2.24, 2.45) is 0 Å². The number of hydrogen-bond donors (Lipinski definition) is 1. The average molecular weight is 419 g/mol. The van der Waals surface area contributed by atoms with Crippen molar-refractivity contribution in [2.45, 2.75) is 6.61 Å². The van der Waals surface area contributed by atoms with Crippen molar-refractivity contribution in [1.82, 2.24) is 10.2 Å². The van der Waals surface area contributed by atoms with E-state index in [2.05, 4.69) is 15.5 Å². The van der Waals surface area contributed by atoms with Gasteiger partial charge in [-0.2, -0.15) is 0 Å². The largest absolute Gasteiger partial charge is 0.493 e. The van der Waals surface area contributed by atoms with Gasteiger partial charge in [0.15, 0.2) is 16.5 Å². The van der Waals surface area contributed by atoms with Gasteiger partial charge in [0.05, 0.1) is 21.3 Å². The molecule has 1 aromatic heterocycles. The van der Waals surface area contributed by atoms with E-state index in [1.807, 2.05) is 0 Å². The van der Waals surface area contributed by atoms with E-state index in [0.29, 0.717) is 38.7 Å². The topological polar surface area (TPSA) is 91.8 Å². The summed E-state index contributed by atoms with van der Waals surface area (Å²) in [5, 5.41) is 11.4. The van der Waals surface area contributed by atoms with Crippen molar-refractivity contribution >= 4 is 22.4 Å². The van der Waals surface area contributed by atoms with Crippen LogP contribution in [0.25, 0.3) is 0 Å². The molecule has 0 spiro atoms. The lowest BCUT2D eigenvalue weighted by Crippen LogP contribution is -2.12. The minimum absolute atomic E-state index is 0.142. The fourth-order valence-electron chi connectivity index (χ4n) is 2.42. The summed E-state index contributed by atoms with van der Waals surface area (Å²) >= 11 is 1.17. The maximum absolute atomic E-state index is 12.9. The monoisotopic (exact) mass is 419 g/mol. The lowest BCUT2D eigenvalue weighted by Gasteiger charge is -2.13. The predicted octanol–water partition coefficient (Wildman–Crippen LogP) is 3.53. The smallest absolute Gasteiger partial charge is 0.257 e. The van der Waals surface area contributed by atoms with E-state index in [1.54, 1.807) is 0 Å². The van der Waals surface area contributed by atoms with Crippen molar-refractivity contribution < 1.29 is 28.1 Å². The Kier molecular flexibility index (Phi) is 6.45. The second-order valence-electron chi connectivity index (χ2n) is 5.61. The van der Waals surface area contributed by atoms with Gasteiger partial charge in [0.25, 0.3) is 5.91 Å². The summed E-state index contributed by atoms with van der Waals surface area (Å²) in [5.41, 5.74) is 0.304. The van der Waals surface area contributed by atoms with Crippen LogP contribution in [0.4, 0.5) is 9.52 Å². The number of rotatable bonds is 8. The molecule has 0 fully saturated rings. The van der Waals surface area contributed by atoms with Crippen LogP contribution in [-0.2, 0) is 6.61 Å². The van der Waals surface area contributed by atoms with Crippen LogP contribution in [0.1, 0.15) is 15.4 Å². The van der Waals surface area contributed by atoms with Crippen LogP contribution in [0.2, 0.25) is 0 Å². The Morgan fingerprint density at radius 1 is 1.03 bits per heavy atom. The Balaban J connectivity index is 1.67. The fraction of sp³-hybridized carbons (Fsp3) is 0.211. The molecule has 1 N–H and O–H groups in total. The highest BCUT2D eigenvalue weighted by molar-refractivity contribution is 7.15. The van der Waals surface area contributed by atoms with Crippen LogP contribution in [0.5, 0.6) is 23.0 Å². The molecular formula is C19H18FN3O5S. The highest BCUT2D eigenvalue weighted by atomic mass is 32.1. The Hall–Kier alpha value is -3.40. The summed E-state index contributed by atoms with van der Waals surface area (Å²) in [5.74, 6) is 0.870. The number of nitrogens with zero attached hydrogens (tertiary/aromatic N) is 2. The molecule has 0 unspecified atom stereocenters. The third-order valence-electron chi connectivity index (χ3n) is 3.79. The molecule has 1 heterocycles. The predicted molar refractivity (Wildman–Crippen MR) is 105 cm³/mol. The zero-order chi connectivity index (χ0) is 20.8. The second-order valence-corrected chi connectivity index (χ2v) is 6.67. The molecule has 2 aromatic carbocycles. The molecule has 8 nitrogen and oxygen atoms in total. The fourth-order valence-corrected chi connectivity index (χ4v) is 3.07. The second kappa shape index (κ2) is 9.20. The highest BCUT2D eigenvalue weighted by Gasteiger charge is 2.18. The number of aromatic nitrogens is 2. The molecule has 1 amide bonds. The van der Waals surface area contributed by atoms with Gasteiger partial charge >= 0.3 is 0 Å². The van der Waals surface area contributed by atoms with Gasteiger partial charge in [-0.25, -0.2) is 4.39 Å². The average Bonchev–Trinajstić information content (AvgIpc) is 3.19. The quantitative estimate of drug-likeness (QED) is 0.597. The molecule has 0 saturated carbocycles. The Morgan fingerprint density at radius 2 is 1.69 bits per heavy atom. The summed E-state index contributed by atoms with van der Waals surface area (Å²) in [6.07, 6.45) is 0. The van der Waals surface area contributed by atoms with Crippen LogP contribution in [-0.4, -0.2) is 37.4 Å². The van der Waals surface area contributed by atoms with E-state index in [1.165, 1.54) is 69.1 Å². The Morgan fingerprint density at radius 3 is 2.28 bits per heavy atom. The molecular weight excluding hydrogens is 401 g/mol. The van der Waals surface area contributed by atoms with E-state index in [9.17, 15) is 9.18 Å². The number of nitrogens with one attached hydrogen (secondary N) is 1. The number of halogens is 1. The minimum atomic E-state index is -0.411. The SMILES string of the molecule is COc1cc(C(=O)Nc2nnc(COc3ccc(F)cc3)s2)cc(OC)c1OC. The molecule has 0 bridgehead atoms. The van der Waals surface area contributed by atoms with E-state index in [-0.39, 0.29) is 12.4 Å². The van der Waals surface area contributed by atoms with E-state index < -0.39 is 5.91 Å². The number of benzene rings is 2. The number of amides is 1. The van der Waals surface area contributed by atoms with Gasteiger partial charge in [-0.15, -0.1) is 10.2 Å². The lowest BCUT2D eigenvalue weighted by molar-refractivity contribution is 0.102. The number of carbonyl (C=O) groups excluding carboxylic acids is 1. The first-order chi connectivity index (χ1) is 14.0. The van der Waals surface area contributed by atoms with Gasteiger partial charge in [0.1, 0.15) is 18.2 Å². The number of hydrogen-bond acceptors (Lipinski definition) is 8. The van der Waals surface area contributed by atoms with Gasteiger partial charge in [0, 0.05) is 5.56 Å². The summed E-state index contributed by atoms with van der Waals surface area (Å²) in [6, 6.07) is 8.72. The zero-order valence-corrected chi connectivity index (χ0v) is 16.7. The Labute approximate surface area is 170 Å². The Bertz CT molecular complexity index is 969. The molecule has 0 atom stereocenters. The molecule has 10 heteroatoms. The summed E-state index contributed by atoms with van der Waals surface area (Å²) in [4.78, 5) is 12.6. The molecule has 0 aliphatic heterocycles. The van der Waals surface area contributed by atoms with E-state index in [4.69, 9.17) is 18.9 Å². The van der Waals surface area contributed by atoms with Crippen molar-refractivity contribution in [3.63, 3.8) is 0 Å². The number of methoxy groups -OCH3 is 3. The normalized spacial score (nSPS) is 10.3. The minimum Gasteiger partial charge on any atom is -0.493 e. The van der Waals surface area contributed by atoms with Crippen molar-refractivity contribution in [3.05, 3.63) is 52.8 Å². The number of ether oxygens (including phenoxy) is 4. The van der Waals surface area contributed by atoms with Crippen molar-refractivity contribution in [3.8, 4) is 23.0 Å². The summed E-state index contributed by atoms with van der Waals surface area (Å²) in [7, 11) is 4.42.